The van der Waals surface area contributed by atoms with Gasteiger partial charge in [0.05, 0.1) is 6.33 Å². The first-order chi connectivity index (χ1) is 9.75. The number of nitrogens with one attached hydrogen (secondary N) is 2. The number of hydrogen-bond donors (Lipinski definition) is 2. The number of nitrogens with zero attached hydrogens (tertiary/aromatic N) is 2. The van der Waals surface area contributed by atoms with Gasteiger partial charge in [0.15, 0.2) is 0 Å². The predicted molar refractivity (Wildman–Crippen MR) is 77.5 cm³/mol. The van der Waals surface area contributed by atoms with Crippen LogP contribution in [0.25, 0.3) is 10.9 Å². The van der Waals surface area contributed by atoms with Crippen LogP contribution < -0.4 is 5.32 Å². The Morgan fingerprint density at radius 3 is 3.10 bits per heavy atom. The number of rotatable bonds is 4. The standard InChI is InChI=1S/C15H16N4O/c1-19-8-6-12-13(3-2-4-14(12)19)15(20)17-7-5-11-9-16-10-18-11/h2-4,6,8-10H,5,7H2,1H3,(H,16,18)(H,17,20). The van der Waals surface area contributed by atoms with Crippen molar-refractivity contribution in [1.29, 1.82) is 0 Å². The van der Waals surface area contributed by atoms with E-state index in [-0.39, 0.29) is 5.91 Å². The Balaban J connectivity index is 1.72. The van der Waals surface area contributed by atoms with Crippen LogP contribution in [0.2, 0.25) is 0 Å². The zero-order chi connectivity index (χ0) is 13.9. The van der Waals surface area contributed by atoms with Gasteiger partial charge in [-0.25, -0.2) is 4.98 Å². The Morgan fingerprint density at radius 1 is 1.40 bits per heavy atom. The minimum atomic E-state index is -0.0404. The molecule has 1 aromatic carbocycles. The topological polar surface area (TPSA) is 62.7 Å². The summed E-state index contributed by atoms with van der Waals surface area (Å²) >= 11 is 0. The number of imidazole rings is 1. The molecule has 0 radical (unpaired) electrons. The third-order valence-electron chi connectivity index (χ3n) is 3.41. The second kappa shape index (κ2) is 5.21. The fraction of sp³-hybridized carbons (Fsp3) is 0.200. The number of carbonyl (C=O) groups is 1. The first-order valence-electron chi connectivity index (χ1n) is 6.55. The molecule has 0 aliphatic heterocycles. The van der Waals surface area contributed by atoms with Crippen LogP contribution >= 0.6 is 0 Å². The number of amides is 1. The van der Waals surface area contributed by atoms with Crippen molar-refractivity contribution in [1.82, 2.24) is 19.9 Å². The molecule has 5 heteroatoms. The van der Waals surface area contributed by atoms with Gasteiger partial charge in [-0.2, -0.15) is 0 Å². The highest BCUT2D eigenvalue weighted by Crippen LogP contribution is 2.19. The molecular weight excluding hydrogens is 252 g/mol. The van der Waals surface area contributed by atoms with E-state index < -0.39 is 0 Å². The molecule has 3 rings (SSSR count). The van der Waals surface area contributed by atoms with Crippen molar-refractivity contribution in [3.63, 3.8) is 0 Å². The van der Waals surface area contributed by atoms with Crippen molar-refractivity contribution >= 4 is 16.8 Å². The van der Waals surface area contributed by atoms with E-state index in [0.29, 0.717) is 12.1 Å². The molecule has 2 N–H and O–H groups in total. The average molecular weight is 268 g/mol. The lowest BCUT2D eigenvalue weighted by Gasteiger charge is -2.06. The average Bonchev–Trinajstić information content (AvgIpc) is 3.09. The molecule has 0 saturated heterocycles. The van der Waals surface area contributed by atoms with E-state index in [0.717, 1.165) is 23.0 Å². The molecule has 0 fully saturated rings. The molecule has 1 amide bonds. The number of aromatic nitrogens is 3. The zero-order valence-electron chi connectivity index (χ0n) is 11.3. The third kappa shape index (κ3) is 2.30. The van der Waals surface area contributed by atoms with Gasteiger partial charge in [0.25, 0.3) is 5.91 Å². The number of carbonyl (C=O) groups excluding carboxylic acids is 1. The number of benzene rings is 1. The predicted octanol–water partition coefficient (Wildman–Crippen LogP) is 1.87. The van der Waals surface area contributed by atoms with Gasteiger partial charge in [-0.1, -0.05) is 6.07 Å². The van der Waals surface area contributed by atoms with Crippen molar-refractivity contribution in [2.75, 3.05) is 6.54 Å². The van der Waals surface area contributed by atoms with Gasteiger partial charge in [-0.15, -0.1) is 0 Å². The first kappa shape index (κ1) is 12.5. The second-order valence-electron chi connectivity index (χ2n) is 4.75. The van der Waals surface area contributed by atoms with Crippen molar-refractivity contribution in [3.8, 4) is 0 Å². The Hall–Kier alpha value is -2.56. The molecule has 0 saturated carbocycles. The molecule has 0 bridgehead atoms. The summed E-state index contributed by atoms with van der Waals surface area (Å²) in [5.41, 5.74) is 2.79. The highest BCUT2D eigenvalue weighted by Gasteiger charge is 2.10. The van der Waals surface area contributed by atoms with Gasteiger partial charge < -0.3 is 14.9 Å². The summed E-state index contributed by atoms with van der Waals surface area (Å²) in [4.78, 5) is 19.2. The van der Waals surface area contributed by atoms with Crippen LogP contribution in [0.3, 0.4) is 0 Å². The number of fused-ring (bicyclic) bond motifs is 1. The fourth-order valence-electron chi connectivity index (χ4n) is 2.33. The molecule has 0 aliphatic carbocycles. The van der Waals surface area contributed by atoms with Gasteiger partial charge in [0.1, 0.15) is 0 Å². The van der Waals surface area contributed by atoms with E-state index in [1.54, 1.807) is 12.5 Å². The first-order valence-corrected chi connectivity index (χ1v) is 6.55. The van der Waals surface area contributed by atoms with Crippen LogP contribution in [0.5, 0.6) is 0 Å². The summed E-state index contributed by atoms with van der Waals surface area (Å²) in [7, 11) is 1.97. The van der Waals surface area contributed by atoms with E-state index in [2.05, 4.69) is 15.3 Å². The third-order valence-corrected chi connectivity index (χ3v) is 3.41. The Bertz CT molecular complexity index is 728. The molecule has 0 atom stereocenters. The lowest BCUT2D eigenvalue weighted by Crippen LogP contribution is -2.25. The van der Waals surface area contributed by atoms with Gasteiger partial charge in [-0.3, -0.25) is 4.79 Å². The van der Waals surface area contributed by atoms with Gasteiger partial charge >= 0.3 is 0 Å². The summed E-state index contributed by atoms with van der Waals surface area (Å²) in [6, 6.07) is 7.75. The van der Waals surface area contributed by atoms with Gasteiger partial charge in [-0.05, 0) is 18.2 Å². The zero-order valence-corrected chi connectivity index (χ0v) is 11.3. The van der Waals surface area contributed by atoms with Gasteiger partial charge in [0.2, 0.25) is 0 Å². The minimum Gasteiger partial charge on any atom is -0.352 e. The summed E-state index contributed by atoms with van der Waals surface area (Å²) in [5.74, 6) is -0.0404. The van der Waals surface area contributed by atoms with E-state index in [1.165, 1.54) is 0 Å². The lowest BCUT2D eigenvalue weighted by atomic mass is 10.1. The van der Waals surface area contributed by atoms with Crippen LogP contribution in [0.1, 0.15) is 16.1 Å². The van der Waals surface area contributed by atoms with Gasteiger partial charge in [0, 0.05) is 54.6 Å². The molecule has 0 spiro atoms. The SMILES string of the molecule is Cn1ccc2c(C(=O)NCCc3cnc[nH]3)cccc21. The summed E-state index contributed by atoms with van der Waals surface area (Å²) < 4.78 is 2.01. The van der Waals surface area contributed by atoms with E-state index in [4.69, 9.17) is 0 Å². The highest BCUT2D eigenvalue weighted by molar-refractivity contribution is 6.06. The maximum atomic E-state index is 12.3. The molecule has 0 unspecified atom stereocenters. The molecule has 2 heterocycles. The van der Waals surface area contributed by atoms with Crippen molar-refractivity contribution in [2.24, 2.45) is 7.05 Å². The highest BCUT2D eigenvalue weighted by atomic mass is 16.1. The maximum Gasteiger partial charge on any atom is 0.251 e. The van der Waals surface area contributed by atoms with Crippen LogP contribution in [0.15, 0.2) is 43.0 Å². The second-order valence-corrected chi connectivity index (χ2v) is 4.75. The molecule has 3 aromatic rings. The van der Waals surface area contributed by atoms with Crippen LogP contribution in [-0.2, 0) is 13.5 Å². The minimum absolute atomic E-state index is 0.0404. The van der Waals surface area contributed by atoms with E-state index in [9.17, 15) is 4.79 Å². The van der Waals surface area contributed by atoms with Crippen molar-refractivity contribution < 1.29 is 4.79 Å². The largest absolute Gasteiger partial charge is 0.352 e. The van der Waals surface area contributed by atoms with Crippen LogP contribution in [-0.4, -0.2) is 27.0 Å². The van der Waals surface area contributed by atoms with Crippen molar-refractivity contribution in [2.45, 2.75) is 6.42 Å². The fourth-order valence-corrected chi connectivity index (χ4v) is 2.33. The van der Waals surface area contributed by atoms with Crippen LogP contribution in [0.4, 0.5) is 0 Å². The number of H-pyrrole nitrogens is 1. The Labute approximate surface area is 116 Å². The molecule has 2 aromatic heterocycles. The number of hydrogen-bond acceptors (Lipinski definition) is 2. The normalized spacial score (nSPS) is 10.8. The summed E-state index contributed by atoms with van der Waals surface area (Å²) in [6.45, 7) is 0.588. The van der Waals surface area contributed by atoms with E-state index in [1.807, 2.05) is 42.1 Å². The van der Waals surface area contributed by atoms with Crippen LogP contribution in [0, 0.1) is 0 Å². The molecule has 102 valence electrons. The summed E-state index contributed by atoms with van der Waals surface area (Å²) in [6.07, 6.45) is 6.12. The molecule has 0 aliphatic rings. The Morgan fingerprint density at radius 2 is 2.30 bits per heavy atom. The lowest BCUT2D eigenvalue weighted by molar-refractivity contribution is 0.0955. The molecule has 5 nitrogen and oxygen atoms in total. The monoisotopic (exact) mass is 268 g/mol. The molecule has 20 heavy (non-hydrogen) atoms. The maximum absolute atomic E-state index is 12.3. The number of aromatic amines is 1. The smallest absolute Gasteiger partial charge is 0.251 e. The number of aryl methyl sites for hydroxylation is 1. The quantitative estimate of drug-likeness (QED) is 0.759. The van der Waals surface area contributed by atoms with Crippen molar-refractivity contribution in [3.05, 3.63) is 54.2 Å². The van der Waals surface area contributed by atoms with E-state index >= 15 is 0 Å². The summed E-state index contributed by atoms with van der Waals surface area (Å²) in [5, 5.41) is 3.92. The Kier molecular flexibility index (Phi) is 3.25. The molecular formula is C15H16N4O.